The summed E-state index contributed by atoms with van der Waals surface area (Å²) in [6.45, 7) is 2.58. The van der Waals surface area contributed by atoms with Crippen LogP contribution in [0.2, 0.25) is 5.02 Å². The van der Waals surface area contributed by atoms with Crippen molar-refractivity contribution in [2.45, 2.75) is 32.6 Å². The zero-order chi connectivity index (χ0) is 18.1. The van der Waals surface area contributed by atoms with E-state index in [1.807, 2.05) is 36.1 Å². The van der Waals surface area contributed by atoms with Crippen molar-refractivity contribution < 1.29 is 5.11 Å². The first-order valence-corrected chi connectivity index (χ1v) is 8.54. The van der Waals surface area contributed by atoms with Crippen molar-refractivity contribution in [3.8, 4) is 0 Å². The number of aliphatic hydroxyl groups is 1. The van der Waals surface area contributed by atoms with E-state index in [0.29, 0.717) is 29.5 Å². The molecule has 1 unspecified atom stereocenters. The number of benzene rings is 1. The number of aliphatic hydroxyl groups excluding tert-OH is 1. The van der Waals surface area contributed by atoms with Crippen molar-refractivity contribution in [2.24, 2.45) is 7.05 Å². The van der Waals surface area contributed by atoms with Crippen LogP contribution in [0.15, 0.2) is 33.9 Å². The highest BCUT2D eigenvalue weighted by Gasteiger charge is 2.32. The van der Waals surface area contributed by atoms with Gasteiger partial charge in [0.15, 0.2) is 0 Å². The molecule has 25 heavy (non-hydrogen) atoms. The molecule has 1 aliphatic heterocycles. The lowest BCUT2D eigenvalue weighted by molar-refractivity contribution is 0.277. The Morgan fingerprint density at radius 1 is 1.24 bits per heavy atom. The van der Waals surface area contributed by atoms with Gasteiger partial charge >= 0.3 is 5.69 Å². The number of halogens is 1. The van der Waals surface area contributed by atoms with Gasteiger partial charge in [-0.15, -0.1) is 0 Å². The van der Waals surface area contributed by atoms with E-state index in [1.165, 1.54) is 9.13 Å². The fourth-order valence-electron chi connectivity index (χ4n) is 3.07. The van der Waals surface area contributed by atoms with E-state index in [2.05, 4.69) is 5.32 Å². The molecule has 0 saturated heterocycles. The summed E-state index contributed by atoms with van der Waals surface area (Å²) in [6, 6.07) is 7.46. The Bertz CT molecular complexity index is 888. The highest BCUT2D eigenvalue weighted by molar-refractivity contribution is 6.30. The lowest BCUT2D eigenvalue weighted by Gasteiger charge is -2.23. The topological polar surface area (TPSA) is 79.5 Å². The normalized spacial score (nSPS) is 16.0. The Morgan fingerprint density at radius 2 is 1.92 bits per heavy atom. The van der Waals surface area contributed by atoms with E-state index < -0.39 is 0 Å². The summed E-state index contributed by atoms with van der Waals surface area (Å²) in [6.07, 6.45) is 0.228. The average Bonchev–Trinajstić information content (AvgIpc) is 2.92. The smallest absolute Gasteiger partial charge is 0.332 e. The Labute approximate surface area is 150 Å². The van der Waals surface area contributed by atoms with Gasteiger partial charge in [-0.25, -0.2) is 4.79 Å². The minimum Gasteiger partial charge on any atom is -0.396 e. The van der Waals surface area contributed by atoms with E-state index in [4.69, 9.17) is 16.7 Å². The van der Waals surface area contributed by atoms with Gasteiger partial charge in [-0.3, -0.25) is 13.9 Å². The molecule has 7 nitrogen and oxygen atoms in total. The van der Waals surface area contributed by atoms with Crippen LogP contribution >= 0.6 is 11.6 Å². The van der Waals surface area contributed by atoms with Crippen molar-refractivity contribution >= 4 is 23.1 Å². The predicted octanol–water partition coefficient (Wildman–Crippen LogP) is 1.36. The maximum Gasteiger partial charge on any atom is 0.332 e. The van der Waals surface area contributed by atoms with Crippen molar-refractivity contribution in [1.82, 2.24) is 9.13 Å². The van der Waals surface area contributed by atoms with Crippen molar-refractivity contribution in [2.75, 3.05) is 16.8 Å². The Kier molecular flexibility index (Phi) is 4.87. The van der Waals surface area contributed by atoms with Gasteiger partial charge < -0.3 is 15.3 Å². The van der Waals surface area contributed by atoms with Gasteiger partial charge in [-0.05, 0) is 31.0 Å². The number of rotatable bonds is 5. The maximum absolute atomic E-state index is 12.9. The van der Waals surface area contributed by atoms with E-state index >= 15 is 0 Å². The van der Waals surface area contributed by atoms with Gasteiger partial charge in [-0.2, -0.15) is 0 Å². The summed E-state index contributed by atoms with van der Waals surface area (Å²) < 4.78 is 2.64. The third-order valence-corrected chi connectivity index (χ3v) is 4.68. The van der Waals surface area contributed by atoms with Gasteiger partial charge in [0.1, 0.15) is 11.5 Å². The maximum atomic E-state index is 12.9. The molecule has 8 heteroatoms. The second kappa shape index (κ2) is 6.93. The highest BCUT2D eigenvalue weighted by Crippen LogP contribution is 2.31. The number of aromatic nitrogens is 2. The molecule has 0 amide bonds. The van der Waals surface area contributed by atoms with Gasteiger partial charge in [0.05, 0.1) is 6.17 Å². The molecule has 0 saturated carbocycles. The SMILES string of the molecule is CC1Nc2c(c(=O)n(CCCO)c(=O)n2C)N1Cc1ccc(Cl)cc1. The molecule has 2 N–H and O–H groups in total. The van der Waals surface area contributed by atoms with E-state index in [9.17, 15) is 9.59 Å². The first-order valence-electron chi connectivity index (χ1n) is 8.16. The van der Waals surface area contributed by atoms with Crippen LogP contribution in [0.25, 0.3) is 0 Å². The van der Waals surface area contributed by atoms with Crippen LogP contribution in [0.1, 0.15) is 18.9 Å². The van der Waals surface area contributed by atoms with Crippen LogP contribution in [0.5, 0.6) is 0 Å². The first-order chi connectivity index (χ1) is 11.9. The molecular weight excluding hydrogens is 344 g/mol. The molecule has 2 heterocycles. The lowest BCUT2D eigenvalue weighted by atomic mass is 10.2. The van der Waals surface area contributed by atoms with Crippen LogP contribution in [0, 0.1) is 0 Å². The zero-order valence-electron chi connectivity index (χ0n) is 14.2. The van der Waals surface area contributed by atoms with Crippen LogP contribution in [0.4, 0.5) is 11.5 Å². The summed E-state index contributed by atoms with van der Waals surface area (Å²) in [5.74, 6) is 0.525. The van der Waals surface area contributed by atoms with Crippen LogP contribution in [0.3, 0.4) is 0 Å². The summed E-state index contributed by atoms with van der Waals surface area (Å²) in [4.78, 5) is 27.3. The second-order valence-electron chi connectivity index (χ2n) is 6.15. The predicted molar refractivity (Wildman–Crippen MR) is 98.4 cm³/mol. The fourth-order valence-corrected chi connectivity index (χ4v) is 3.20. The molecular formula is C17H21ClN4O3. The van der Waals surface area contributed by atoms with Crippen LogP contribution in [-0.2, 0) is 20.1 Å². The number of nitrogens with one attached hydrogen (secondary N) is 1. The van der Waals surface area contributed by atoms with E-state index in [0.717, 1.165) is 5.56 Å². The van der Waals surface area contributed by atoms with Crippen molar-refractivity contribution in [3.05, 3.63) is 55.7 Å². The molecule has 0 aliphatic carbocycles. The number of hydrogen-bond donors (Lipinski definition) is 2. The van der Waals surface area contributed by atoms with Gasteiger partial charge in [0.25, 0.3) is 5.56 Å². The van der Waals surface area contributed by atoms with Crippen molar-refractivity contribution in [3.63, 3.8) is 0 Å². The summed E-state index contributed by atoms with van der Waals surface area (Å²) in [7, 11) is 1.64. The van der Waals surface area contributed by atoms with Crippen molar-refractivity contribution in [1.29, 1.82) is 0 Å². The molecule has 0 fully saturated rings. The number of nitrogens with zero attached hydrogens (tertiary/aromatic N) is 3. The molecule has 1 aromatic heterocycles. The molecule has 1 atom stereocenters. The zero-order valence-corrected chi connectivity index (χ0v) is 15.0. The quantitative estimate of drug-likeness (QED) is 0.837. The summed E-state index contributed by atoms with van der Waals surface area (Å²) in [5.41, 5.74) is 0.770. The van der Waals surface area contributed by atoms with E-state index in [1.54, 1.807) is 7.05 Å². The monoisotopic (exact) mass is 364 g/mol. The third-order valence-electron chi connectivity index (χ3n) is 4.43. The largest absolute Gasteiger partial charge is 0.396 e. The van der Waals surface area contributed by atoms with Crippen LogP contribution < -0.4 is 21.5 Å². The second-order valence-corrected chi connectivity index (χ2v) is 6.58. The number of hydrogen-bond acceptors (Lipinski definition) is 5. The molecule has 134 valence electrons. The van der Waals surface area contributed by atoms with Gasteiger partial charge in [0, 0.05) is 31.8 Å². The summed E-state index contributed by atoms with van der Waals surface area (Å²) >= 11 is 5.93. The standard InChI is InChI=1S/C17H21ClN4O3/c1-11-19-15-14(22(11)10-12-4-6-13(18)7-5-12)16(24)21(8-3-9-23)17(25)20(15)2/h4-7,11,19,23H,3,8-10H2,1-2H3. The molecule has 1 aliphatic rings. The van der Waals surface area contributed by atoms with E-state index in [-0.39, 0.29) is 30.6 Å². The average molecular weight is 365 g/mol. The highest BCUT2D eigenvalue weighted by atomic mass is 35.5. The fraction of sp³-hybridized carbons (Fsp3) is 0.412. The Balaban J connectivity index is 2.05. The number of fused-ring (bicyclic) bond motifs is 1. The summed E-state index contributed by atoms with van der Waals surface area (Å²) in [5, 5.41) is 12.9. The Hall–Kier alpha value is -2.25. The minimum absolute atomic E-state index is 0.0736. The molecule has 0 spiro atoms. The van der Waals surface area contributed by atoms with Gasteiger partial charge in [-0.1, -0.05) is 23.7 Å². The minimum atomic E-state index is -0.384. The molecule has 2 aromatic rings. The first kappa shape index (κ1) is 17.6. The molecule has 1 aromatic carbocycles. The Morgan fingerprint density at radius 3 is 2.56 bits per heavy atom. The molecule has 3 rings (SSSR count). The number of anilines is 2. The lowest BCUT2D eigenvalue weighted by Crippen LogP contribution is -2.41. The molecule has 0 radical (unpaired) electrons. The third kappa shape index (κ3) is 3.17. The van der Waals surface area contributed by atoms with Gasteiger partial charge in [0.2, 0.25) is 0 Å². The molecule has 0 bridgehead atoms. The van der Waals surface area contributed by atoms with Crippen LogP contribution in [-0.4, -0.2) is 27.0 Å².